The van der Waals surface area contributed by atoms with Crippen LogP contribution in [-0.2, 0) is 17.8 Å². The molecule has 0 atom stereocenters. The van der Waals surface area contributed by atoms with Gasteiger partial charge in [-0.15, -0.1) is 0 Å². The molecule has 0 radical (unpaired) electrons. The predicted molar refractivity (Wildman–Crippen MR) is 74.5 cm³/mol. The summed E-state index contributed by atoms with van der Waals surface area (Å²) in [6.07, 6.45) is 7.84. The molecule has 0 saturated carbocycles. The van der Waals surface area contributed by atoms with E-state index in [0.29, 0.717) is 6.10 Å². The van der Waals surface area contributed by atoms with Crippen LogP contribution >= 0.6 is 0 Å². The number of ether oxygens (including phenoxy) is 1. The van der Waals surface area contributed by atoms with Crippen LogP contribution in [0.1, 0.15) is 45.6 Å². The molecule has 1 N–H and O–H groups in total. The number of rotatable bonds is 10. The van der Waals surface area contributed by atoms with Gasteiger partial charge in [-0.25, -0.2) is 0 Å². The number of aryl methyl sites for hydroxylation is 1. The number of nitrogens with one attached hydrogen (secondary N) is 1. The van der Waals surface area contributed by atoms with Crippen LogP contribution in [0.2, 0.25) is 0 Å². The fourth-order valence-corrected chi connectivity index (χ4v) is 1.75. The third-order valence-corrected chi connectivity index (χ3v) is 2.67. The Balaban J connectivity index is 2.00. The third kappa shape index (κ3) is 6.77. The Morgan fingerprint density at radius 1 is 1.39 bits per heavy atom. The number of aromatic nitrogens is 2. The normalized spacial score (nSPS) is 11.3. The highest BCUT2D eigenvalue weighted by molar-refractivity contribution is 5.03. The highest BCUT2D eigenvalue weighted by atomic mass is 16.5. The molecular formula is C14H27N3O. The van der Waals surface area contributed by atoms with Crippen molar-refractivity contribution >= 4 is 0 Å². The van der Waals surface area contributed by atoms with Crippen molar-refractivity contribution < 1.29 is 4.74 Å². The summed E-state index contributed by atoms with van der Waals surface area (Å²) in [7, 11) is 0. The van der Waals surface area contributed by atoms with Crippen LogP contribution in [0.25, 0.3) is 0 Å². The van der Waals surface area contributed by atoms with Gasteiger partial charge in [-0.05, 0) is 39.7 Å². The molecule has 0 spiro atoms. The number of hydrogen-bond acceptors (Lipinski definition) is 3. The molecule has 104 valence electrons. The van der Waals surface area contributed by atoms with Crippen LogP contribution in [0.4, 0.5) is 0 Å². The van der Waals surface area contributed by atoms with E-state index in [1.807, 2.05) is 10.9 Å². The molecule has 0 aromatic carbocycles. The lowest BCUT2D eigenvalue weighted by molar-refractivity contribution is 0.0760. The van der Waals surface area contributed by atoms with Crippen molar-refractivity contribution in [1.82, 2.24) is 15.1 Å². The second-order valence-corrected chi connectivity index (χ2v) is 4.92. The SMILES string of the molecule is CCCn1cc(CNCCCCOC(C)C)cn1. The molecule has 0 aliphatic rings. The quantitative estimate of drug-likeness (QED) is 0.651. The van der Waals surface area contributed by atoms with Crippen molar-refractivity contribution in [2.45, 2.75) is 59.2 Å². The largest absolute Gasteiger partial charge is 0.379 e. The molecule has 1 rings (SSSR count). The van der Waals surface area contributed by atoms with E-state index in [9.17, 15) is 0 Å². The van der Waals surface area contributed by atoms with Crippen molar-refractivity contribution in [1.29, 1.82) is 0 Å². The molecule has 4 nitrogen and oxygen atoms in total. The van der Waals surface area contributed by atoms with Gasteiger partial charge in [0.2, 0.25) is 0 Å². The van der Waals surface area contributed by atoms with Crippen molar-refractivity contribution in [3.05, 3.63) is 18.0 Å². The summed E-state index contributed by atoms with van der Waals surface area (Å²) >= 11 is 0. The van der Waals surface area contributed by atoms with Gasteiger partial charge in [0.1, 0.15) is 0 Å². The van der Waals surface area contributed by atoms with Crippen molar-refractivity contribution in [2.75, 3.05) is 13.2 Å². The molecule has 4 heteroatoms. The van der Waals surface area contributed by atoms with E-state index in [1.54, 1.807) is 0 Å². The van der Waals surface area contributed by atoms with Crippen LogP contribution in [-0.4, -0.2) is 29.0 Å². The van der Waals surface area contributed by atoms with Crippen LogP contribution in [0, 0.1) is 0 Å². The second kappa shape index (κ2) is 9.11. The first-order chi connectivity index (χ1) is 8.72. The summed E-state index contributed by atoms with van der Waals surface area (Å²) in [6.45, 7) is 10.1. The minimum Gasteiger partial charge on any atom is -0.379 e. The van der Waals surface area contributed by atoms with Gasteiger partial charge < -0.3 is 10.1 Å². The molecule has 1 aromatic heterocycles. The molecule has 1 heterocycles. The van der Waals surface area contributed by atoms with Crippen LogP contribution in [0.3, 0.4) is 0 Å². The average molecular weight is 253 g/mol. The van der Waals surface area contributed by atoms with Crippen LogP contribution in [0.5, 0.6) is 0 Å². The minimum atomic E-state index is 0.349. The zero-order valence-corrected chi connectivity index (χ0v) is 12.0. The van der Waals surface area contributed by atoms with E-state index in [2.05, 4.69) is 37.4 Å². The zero-order chi connectivity index (χ0) is 13.2. The molecule has 1 aromatic rings. The molecule has 0 fully saturated rings. The van der Waals surface area contributed by atoms with Gasteiger partial charge in [0.05, 0.1) is 12.3 Å². The molecule has 0 bridgehead atoms. The summed E-state index contributed by atoms with van der Waals surface area (Å²) in [5.41, 5.74) is 1.27. The maximum atomic E-state index is 5.50. The molecule has 0 amide bonds. The number of nitrogens with zero attached hydrogens (tertiary/aromatic N) is 2. The van der Waals surface area contributed by atoms with Crippen molar-refractivity contribution in [3.63, 3.8) is 0 Å². The van der Waals surface area contributed by atoms with Crippen molar-refractivity contribution in [2.24, 2.45) is 0 Å². The van der Waals surface area contributed by atoms with Crippen LogP contribution in [0.15, 0.2) is 12.4 Å². The first-order valence-electron chi connectivity index (χ1n) is 7.06. The monoisotopic (exact) mass is 253 g/mol. The lowest BCUT2D eigenvalue weighted by atomic mass is 10.3. The Labute approximate surface area is 111 Å². The Kier molecular flexibility index (Phi) is 7.69. The fourth-order valence-electron chi connectivity index (χ4n) is 1.75. The van der Waals surface area contributed by atoms with E-state index >= 15 is 0 Å². The Hall–Kier alpha value is -0.870. The predicted octanol–water partition coefficient (Wildman–Crippen LogP) is 2.59. The van der Waals surface area contributed by atoms with Crippen LogP contribution < -0.4 is 5.32 Å². The molecule has 0 aliphatic heterocycles. The van der Waals surface area contributed by atoms with Crippen molar-refractivity contribution in [3.8, 4) is 0 Å². The highest BCUT2D eigenvalue weighted by Crippen LogP contribution is 1.99. The maximum Gasteiger partial charge on any atom is 0.0534 e. The van der Waals surface area contributed by atoms with E-state index in [-0.39, 0.29) is 0 Å². The summed E-state index contributed by atoms with van der Waals surface area (Å²) in [5.74, 6) is 0. The summed E-state index contributed by atoms with van der Waals surface area (Å²) < 4.78 is 7.50. The van der Waals surface area contributed by atoms with Gasteiger partial charge in [0.15, 0.2) is 0 Å². The number of hydrogen-bond donors (Lipinski definition) is 1. The lowest BCUT2D eigenvalue weighted by Gasteiger charge is -2.07. The molecule has 0 saturated heterocycles. The van der Waals surface area contributed by atoms with E-state index in [4.69, 9.17) is 4.74 Å². The molecule has 18 heavy (non-hydrogen) atoms. The summed E-state index contributed by atoms with van der Waals surface area (Å²) in [4.78, 5) is 0. The third-order valence-electron chi connectivity index (χ3n) is 2.67. The van der Waals surface area contributed by atoms with Gasteiger partial charge in [-0.1, -0.05) is 6.92 Å². The Morgan fingerprint density at radius 2 is 2.22 bits per heavy atom. The first-order valence-corrected chi connectivity index (χ1v) is 7.06. The van der Waals surface area contributed by atoms with E-state index < -0.39 is 0 Å². The first kappa shape index (κ1) is 15.2. The zero-order valence-electron chi connectivity index (χ0n) is 12.0. The Morgan fingerprint density at radius 3 is 2.94 bits per heavy atom. The second-order valence-electron chi connectivity index (χ2n) is 4.92. The number of unbranched alkanes of at least 4 members (excludes halogenated alkanes) is 1. The average Bonchev–Trinajstić information content (AvgIpc) is 2.76. The smallest absolute Gasteiger partial charge is 0.0534 e. The van der Waals surface area contributed by atoms with E-state index in [0.717, 1.165) is 45.5 Å². The van der Waals surface area contributed by atoms with E-state index in [1.165, 1.54) is 5.56 Å². The maximum absolute atomic E-state index is 5.50. The highest BCUT2D eigenvalue weighted by Gasteiger charge is 1.98. The molecule has 0 aliphatic carbocycles. The minimum absolute atomic E-state index is 0.349. The van der Waals surface area contributed by atoms with Gasteiger partial charge in [-0.3, -0.25) is 4.68 Å². The standard InChI is InChI=1S/C14H27N3O/c1-4-8-17-12-14(11-16-17)10-15-7-5-6-9-18-13(2)3/h11-13,15H,4-10H2,1-3H3. The summed E-state index contributed by atoms with van der Waals surface area (Å²) in [6, 6.07) is 0. The van der Waals surface area contributed by atoms with Gasteiger partial charge in [0.25, 0.3) is 0 Å². The van der Waals surface area contributed by atoms with Gasteiger partial charge >= 0.3 is 0 Å². The van der Waals surface area contributed by atoms with Gasteiger partial charge in [0, 0.05) is 31.5 Å². The molecular weight excluding hydrogens is 226 g/mol. The fraction of sp³-hybridized carbons (Fsp3) is 0.786. The molecule has 0 unspecified atom stereocenters. The Bertz CT molecular complexity index is 310. The summed E-state index contributed by atoms with van der Waals surface area (Å²) in [5, 5.41) is 7.75. The lowest BCUT2D eigenvalue weighted by Crippen LogP contribution is -2.15. The van der Waals surface area contributed by atoms with Gasteiger partial charge in [-0.2, -0.15) is 5.10 Å². The topological polar surface area (TPSA) is 39.1 Å².